The minimum absolute atomic E-state index is 0.0659. The third-order valence-corrected chi connectivity index (χ3v) is 4.76. The van der Waals surface area contributed by atoms with Crippen molar-refractivity contribution in [2.24, 2.45) is 0 Å². The molecule has 0 atom stereocenters. The molecular weight excluding hydrogens is 319 g/mol. The topological polar surface area (TPSA) is 59.5 Å². The smallest absolute Gasteiger partial charge is 0.265 e. The molecule has 0 unspecified atom stereocenters. The second-order valence-corrected chi connectivity index (χ2v) is 6.53. The van der Waals surface area contributed by atoms with Crippen LogP contribution < -0.4 is 9.04 Å². The van der Waals surface area contributed by atoms with Gasteiger partial charge in [-0.15, -0.1) is 0 Å². The number of sulfonamides is 1. The second-order valence-electron chi connectivity index (χ2n) is 4.13. The van der Waals surface area contributed by atoms with Gasteiger partial charge in [-0.3, -0.25) is 9.29 Å². The standard InChI is InChI=1S/C13H12ClFN2O3S/c1-17(12-4-3-10(15)6-13(12)20-2)21(18,19)11-5-9(14)7-16-8-11/h3-8H,1-2H3. The van der Waals surface area contributed by atoms with Gasteiger partial charge in [0.2, 0.25) is 0 Å². The molecule has 0 aliphatic carbocycles. The molecule has 5 nitrogen and oxygen atoms in total. The van der Waals surface area contributed by atoms with Gasteiger partial charge in [-0.25, -0.2) is 12.8 Å². The fourth-order valence-electron chi connectivity index (χ4n) is 1.73. The first-order valence-corrected chi connectivity index (χ1v) is 7.61. The van der Waals surface area contributed by atoms with Crippen LogP contribution in [0.4, 0.5) is 10.1 Å². The molecule has 0 aliphatic rings. The van der Waals surface area contributed by atoms with E-state index < -0.39 is 15.8 Å². The Balaban J connectivity index is 2.50. The van der Waals surface area contributed by atoms with E-state index in [0.717, 1.165) is 16.4 Å². The largest absolute Gasteiger partial charge is 0.494 e. The maximum Gasteiger partial charge on any atom is 0.265 e. The molecule has 0 bridgehead atoms. The second kappa shape index (κ2) is 5.87. The maximum atomic E-state index is 13.2. The van der Waals surface area contributed by atoms with Gasteiger partial charge in [0, 0.05) is 25.5 Å². The molecule has 2 rings (SSSR count). The first kappa shape index (κ1) is 15.5. The van der Waals surface area contributed by atoms with Crippen LogP contribution in [0, 0.1) is 5.82 Å². The van der Waals surface area contributed by atoms with Crippen LogP contribution in [-0.2, 0) is 10.0 Å². The Hall–Kier alpha value is -1.86. The number of anilines is 1. The molecule has 0 amide bonds. The van der Waals surface area contributed by atoms with Gasteiger partial charge in [-0.05, 0) is 18.2 Å². The van der Waals surface area contributed by atoms with Crippen molar-refractivity contribution in [2.45, 2.75) is 4.90 Å². The van der Waals surface area contributed by atoms with Crippen molar-refractivity contribution in [3.63, 3.8) is 0 Å². The van der Waals surface area contributed by atoms with Crippen LogP contribution in [0.5, 0.6) is 5.75 Å². The number of hydrogen-bond donors (Lipinski definition) is 0. The zero-order chi connectivity index (χ0) is 15.6. The quantitative estimate of drug-likeness (QED) is 0.865. The van der Waals surface area contributed by atoms with Crippen LogP contribution in [-0.4, -0.2) is 27.6 Å². The number of pyridine rings is 1. The summed E-state index contributed by atoms with van der Waals surface area (Å²) >= 11 is 5.76. The first-order chi connectivity index (χ1) is 9.86. The van der Waals surface area contributed by atoms with E-state index in [1.54, 1.807) is 0 Å². The number of ether oxygens (including phenoxy) is 1. The summed E-state index contributed by atoms with van der Waals surface area (Å²) < 4.78 is 44.2. The Labute approximate surface area is 127 Å². The van der Waals surface area contributed by atoms with Crippen LogP contribution >= 0.6 is 11.6 Å². The van der Waals surface area contributed by atoms with E-state index in [0.29, 0.717) is 0 Å². The van der Waals surface area contributed by atoms with Crippen molar-refractivity contribution < 1.29 is 17.5 Å². The van der Waals surface area contributed by atoms with E-state index in [2.05, 4.69) is 4.98 Å². The zero-order valence-corrected chi connectivity index (χ0v) is 12.8. The Kier molecular flexibility index (Phi) is 4.34. The van der Waals surface area contributed by atoms with Gasteiger partial charge in [0.25, 0.3) is 10.0 Å². The maximum absolute atomic E-state index is 13.2. The molecule has 0 radical (unpaired) electrons. The van der Waals surface area contributed by atoms with Crippen molar-refractivity contribution in [3.8, 4) is 5.75 Å². The lowest BCUT2D eigenvalue weighted by atomic mass is 10.3. The van der Waals surface area contributed by atoms with E-state index in [4.69, 9.17) is 16.3 Å². The molecular formula is C13H12ClFN2O3S. The van der Waals surface area contributed by atoms with Gasteiger partial charge >= 0.3 is 0 Å². The zero-order valence-electron chi connectivity index (χ0n) is 11.2. The fraction of sp³-hybridized carbons (Fsp3) is 0.154. The molecule has 1 aromatic heterocycles. The minimum atomic E-state index is -3.88. The van der Waals surface area contributed by atoms with Crippen LogP contribution in [0.1, 0.15) is 0 Å². The number of nitrogens with zero attached hydrogens (tertiary/aromatic N) is 2. The first-order valence-electron chi connectivity index (χ1n) is 5.79. The highest BCUT2D eigenvalue weighted by molar-refractivity contribution is 7.92. The predicted molar refractivity (Wildman–Crippen MR) is 77.8 cm³/mol. The summed E-state index contributed by atoms with van der Waals surface area (Å²) in [7, 11) is -1.20. The molecule has 0 saturated heterocycles. The van der Waals surface area contributed by atoms with E-state index in [-0.39, 0.29) is 21.4 Å². The van der Waals surface area contributed by atoms with Crippen molar-refractivity contribution >= 4 is 27.3 Å². The molecule has 0 saturated carbocycles. The van der Waals surface area contributed by atoms with Crippen molar-refractivity contribution in [3.05, 3.63) is 47.5 Å². The number of halogens is 2. The third kappa shape index (κ3) is 3.08. The lowest BCUT2D eigenvalue weighted by Crippen LogP contribution is -2.27. The highest BCUT2D eigenvalue weighted by Crippen LogP contribution is 2.32. The van der Waals surface area contributed by atoms with Crippen molar-refractivity contribution in [1.29, 1.82) is 0 Å². The van der Waals surface area contributed by atoms with Crippen LogP contribution in [0.25, 0.3) is 0 Å². The lowest BCUT2D eigenvalue weighted by molar-refractivity contribution is 0.412. The van der Waals surface area contributed by atoms with Gasteiger partial charge < -0.3 is 4.74 Å². The van der Waals surface area contributed by atoms with Gasteiger partial charge in [0.05, 0.1) is 17.8 Å². The Morgan fingerprint density at radius 1 is 1.29 bits per heavy atom. The average Bonchev–Trinajstić information content (AvgIpc) is 2.46. The third-order valence-electron chi connectivity index (χ3n) is 2.82. The predicted octanol–water partition coefficient (Wildman–Crippen LogP) is 2.71. The van der Waals surface area contributed by atoms with E-state index in [9.17, 15) is 12.8 Å². The lowest BCUT2D eigenvalue weighted by Gasteiger charge is -2.21. The van der Waals surface area contributed by atoms with Crippen LogP contribution in [0.2, 0.25) is 5.02 Å². The van der Waals surface area contributed by atoms with E-state index in [1.165, 1.54) is 38.7 Å². The monoisotopic (exact) mass is 330 g/mol. The summed E-state index contributed by atoms with van der Waals surface area (Å²) in [4.78, 5) is 3.69. The number of aromatic nitrogens is 1. The molecule has 8 heteroatoms. The van der Waals surface area contributed by atoms with Crippen molar-refractivity contribution in [1.82, 2.24) is 4.98 Å². The number of methoxy groups -OCH3 is 1. The Bertz CT molecular complexity index is 768. The van der Waals surface area contributed by atoms with Gasteiger partial charge in [-0.2, -0.15) is 0 Å². The van der Waals surface area contributed by atoms with Gasteiger partial charge in [-0.1, -0.05) is 11.6 Å². The fourth-order valence-corrected chi connectivity index (χ4v) is 3.17. The molecule has 0 N–H and O–H groups in total. The molecule has 0 fully saturated rings. The molecule has 0 spiro atoms. The number of benzene rings is 1. The summed E-state index contributed by atoms with van der Waals surface area (Å²) in [5.74, 6) is -0.415. The Morgan fingerprint density at radius 3 is 2.62 bits per heavy atom. The van der Waals surface area contributed by atoms with E-state index >= 15 is 0 Å². The van der Waals surface area contributed by atoms with Crippen molar-refractivity contribution in [2.75, 3.05) is 18.5 Å². The van der Waals surface area contributed by atoms with Crippen LogP contribution in [0.15, 0.2) is 41.6 Å². The molecule has 112 valence electrons. The minimum Gasteiger partial charge on any atom is -0.494 e. The summed E-state index contributed by atoms with van der Waals surface area (Å²) in [6.45, 7) is 0. The molecule has 21 heavy (non-hydrogen) atoms. The SMILES string of the molecule is COc1cc(F)ccc1N(C)S(=O)(=O)c1cncc(Cl)c1. The van der Waals surface area contributed by atoms with E-state index in [1.807, 2.05) is 0 Å². The molecule has 1 heterocycles. The molecule has 1 aromatic carbocycles. The summed E-state index contributed by atoms with van der Waals surface area (Å²) in [5.41, 5.74) is 0.207. The van der Waals surface area contributed by atoms with Gasteiger partial charge in [0.15, 0.2) is 0 Å². The summed E-state index contributed by atoms with van der Waals surface area (Å²) in [6.07, 6.45) is 2.52. The molecule has 0 aliphatic heterocycles. The Morgan fingerprint density at radius 2 is 2.00 bits per heavy atom. The average molecular weight is 331 g/mol. The molecule has 2 aromatic rings. The number of hydrogen-bond acceptors (Lipinski definition) is 4. The number of rotatable bonds is 4. The highest BCUT2D eigenvalue weighted by Gasteiger charge is 2.24. The summed E-state index contributed by atoms with van der Waals surface area (Å²) in [6, 6.07) is 4.87. The van der Waals surface area contributed by atoms with Crippen LogP contribution in [0.3, 0.4) is 0 Å². The summed E-state index contributed by atoms with van der Waals surface area (Å²) in [5, 5.41) is 0.204. The van der Waals surface area contributed by atoms with Gasteiger partial charge in [0.1, 0.15) is 16.5 Å². The highest BCUT2D eigenvalue weighted by atomic mass is 35.5. The normalized spacial score (nSPS) is 11.2.